The SMILES string of the molecule is CCCCN(CCCC)CCCN1C(=O)C(=O)C(=C(O)c2ccc(Br)cc2)[C@H]1c1ccc(OCC)cc1. The Labute approximate surface area is 229 Å². The molecule has 1 amide bonds. The summed E-state index contributed by atoms with van der Waals surface area (Å²) in [5.74, 6) is -0.641. The number of benzene rings is 2. The van der Waals surface area contributed by atoms with Crippen LogP contribution in [0.5, 0.6) is 5.75 Å². The van der Waals surface area contributed by atoms with Crippen LogP contribution in [0.15, 0.2) is 58.6 Å². The molecule has 200 valence electrons. The fourth-order valence-corrected chi connectivity index (χ4v) is 4.96. The fourth-order valence-electron chi connectivity index (χ4n) is 4.70. The van der Waals surface area contributed by atoms with Gasteiger partial charge in [-0.1, -0.05) is 66.9 Å². The van der Waals surface area contributed by atoms with Crippen LogP contribution in [0.1, 0.15) is 70.0 Å². The molecule has 1 N–H and O–H groups in total. The molecule has 1 saturated heterocycles. The smallest absolute Gasteiger partial charge is 0.295 e. The third-order valence-electron chi connectivity index (χ3n) is 6.69. The molecule has 2 aromatic rings. The van der Waals surface area contributed by atoms with Crippen LogP contribution in [-0.4, -0.2) is 59.4 Å². The minimum absolute atomic E-state index is 0.130. The Balaban J connectivity index is 1.92. The lowest BCUT2D eigenvalue weighted by atomic mass is 9.95. The number of Topliss-reactive ketones (excluding diaryl/α,β-unsaturated/α-hetero) is 1. The Bertz CT molecular complexity index is 1060. The van der Waals surface area contributed by atoms with E-state index in [1.807, 2.05) is 31.2 Å². The number of carbonyl (C=O) groups is 2. The molecule has 6 nitrogen and oxygen atoms in total. The minimum Gasteiger partial charge on any atom is -0.507 e. The molecule has 0 bridgehead atoms. The van der Waals surface area contributed by atoms with Crippen LogP contribution < -0.4 is 4.74 Å². The summed E-state index contributed by atoms with van der Waals surface area (Å²) in [6.45, 7) is 10.3. The molecule has 0 unspecified atom stereocenters. The summed E-state index contributed by atoms with van der Waals surface area (Å²) in [5, 5.41) is 11.2. The summed E-state index contributed by atoms with van der Waals surface area (Å²) in [5.41, 5.74) is 1.41. The van der Waals surface area contributed by atoms with E-state index in [1.54, 1.807) is 29.2 Å². The van der Waals surface area contributed by atoms with Gasteiger partial charge in [-0.05, 0) is 75.6 Å². The van der Waals surface area contributed by atoms with Crippen molar-refractivity contribution in [3.05, 3.63) is 69.7 Å². The molecule has 0 aromatic heterocycles. The van der Waals surface area contributed by atoms with Crippen molar-refractivity contribution < 1.29 is 19.4 Å². The Morgan fingerprint density at radius 1 is 0.919 bits per heavy atom. The van der Waals surface area contributed by atoms with Crippen molar-refractivity contribution in [1.29, 1.82) is 0 Å². The number of ketones is 1. The molecular weight excluding hydrogens is 532 g/mol. The van der Waals surface area contributed by atoms with Crippen LogP contribution in [0.2, 0.25) is 0 Å². The number of ether oxygens (including phenoxy) is 1. The van der Waals surface area contributed by atoms with E-state index in [9.17, 15) is 14.7 Å². The van der Waals surface area contributed by atoms with Crippen molar-refractivity contribution in [2.24, 2.45) is 0 Å². The summed E-state index contributed by atoms with van der Waals surface area (Å²) in [6.07, 6.45) is 5.34. The first-order chi connectivity index (χ1) is 17.9. The highest BCUT2D eigenvalue weighted by Crippen LogP contribution is 2.40. The lowest BCUT2D eigenvalue weighted by molar-refractivity contribution is -0.140. The van der Waals surface area contributed by atoms with E-state index in [0.717, 1.165) is 67.5 Å². The van der Waals surface area contributed by atoms with Crippen LogP contribution in [-0.2, 0) is 9.59 Å². The third-order valence-corrected chi connectivity index (χ3v) is 7.22. The van der Waals surface area contributed by atoms with Gasteiger partial charge in [0.2, 0.25) is 0 Å². The zero-order chi connectivity index (χ0) is 26.8. The van der Waals surface area contributed by atoms with E-state index in [1.165, 1.54) is 0 Å². The molecule has 1 aliphatic heterocycles. The zero-order valence-electron chi connectivity index (χ0n) is 22.2. The second-order valence-electron chi connectivity index (χ2n) is 9.40. The number of likely N-dealkylation sites (tertiary alicyclic amines) is 1. The maximum Gasteiger partial charge on any atom is 0.295 e. The monoisotopic (exact) mass is 570 g/mol. The molecule has 1 heterocycles. The lowest BCUT2D eigenvalue weighted by Gasteiger charge is -2.27. The molecule has 2 aromatic carbocycles. The van der Waals surface area contributed by atoms with Gasteiger partial charge >= 0.3 is 0 Å². The number of aliphatic hydroxyl groups is 1. The lowest BCUT2D eigenvalue weighted by Crippen LogP contribution is -2.34. The molecule has 37 heavy (non-hydrogen) atoms. The van der Waals surface area contributed by atoms with Crippen LogP contribution in [0, 0.1) is 0 Å². The van der Waals surface area contributed by atoms with Crippen LogP contribution in [0.3, 0.4) is 0 Å². The predicted octanol–water partition coefficient (Wildman–Crippen LogP) is 6.56. The average molecular weight is 572 g/mol. The molecule has 0 saturated carbocycles. The number of amides is 1. The zero-order valence-corrected chi connectivity index (χ0v) is 23.8. The van der Waals surface area contributed by atoms with Crippen LogP contribution in [0.25, 0.3) is 5.76 Å². The van der Waals surface area contributed by atoms with Gasteiger partial charge in [-0.2, -0.15) is 0 Å². The number of nitrogens with zero attached hydrogens (tertiary/aromatic N) is 2. The number of unbranched alkanes of at least 4 members (excludes halogenated alkanes) is 2. The van der Waals surface area contributed by atoms with Crippen molar-refractivity contribution in [3.63, 3.8) is 0 Å². The molecule has 0 spiro atoms. The van der Waals surface area contributed by atoms with Crippen molar-refractivity contribution in [1.82, 2.24) is 9.80 Å². The van der Waals surface area contributed by atoms with Gasteiger partial charge in [-0.25, -0.2) is 0 Å². The normalized spacial score (nSPS) is 17.1. The van der Waals surface area contributed by atoms with Gasteiger partial charge in [0.1, 0.15) is 11.5 Å². The van der Waals surface area contributed by atoms with Gasteiger partial charge in [-0.3, -0.25) is 9.59 Å². The molecule has 3 rings (SSSR count). The van der Waals surface area contributed by atoms with Gasteiger partial charge in [0.25, 0.3) is 11.7 Å². The van der Waals surface area contributed by atoms with Crippen molar-refractivity contribution in [3.8, 4) is 5.75 Å². The second kappa shape index (κ2) is 14.3. The van der Waals surface area contributed by atoms with E-state index in [0.29, 0.717) is 18.7 Å². The predicted molar refractivity (Wildman–Crippen MR) is 152 cm³/mol. The highest BCUT2D eigenvalue weighted by Gasteiger charge is 2.45. The molecule has 1 fully saturated rings. The van der Waals surface area contributed by atoms with Gasteiger partial charge in [0.15, 0.2) is 0 Å². The Morgan fingerprint density at radius 3 is 2.08 bits per heavy atom. The number of halogens is 1. The first-order valence-corrected chi connectivity index (χ1v) is 14.2. The summed E-state index contributed by atoms with van der Waals surface area (Å²) in [7, 11) is 0. The molecular formula is C30H39BrN2O4. The Hall–Kier alpha value is -2.64. The van der Waals surface area contributed by atoms with E-state index in [-0.39, 0.29) is 11.3 Å². The van der Waals surface area contributed by atoms with Gasteiger partial charge in [-0.15, -0.1) is 0 Å². The number of aliphatic hydroxyl groups excluding tert-OH is 1. The number of hydrogen-bond donors (Lipinski definition) is 1. The molecule has 7 heteroatoms. The maximum atomic E-state index is 13.3. The van der Waals surface area contributed by atoms with E-state index < -0.39 is 17.7 Å². The number of hydrogen-bond acceptors (Lipinski definition) is 5. The summed E-state index contributed by atoms with van der Waals surface area (Å²) in [6, 6.07) is 13.9. The fraction of sp³-hybridized carbons (Fsp3) is 0.467. The molecule has 0 aliphatic carbocycles. The topological polar surface area (TPSA) is 70.1 Å². The molecule has 1 aliphatic rings. The van der Waals surface area contributed by atoms with Gasteiger partial charge in [0.05, 0.1) is 18.2 Å². The van der Waals surface area contributed by atoms with Crippen LogP contribution >= 0.6 is 15.9 Å². The highest BCUT2D eigenvalue weighted by molar-refractivity contribution is 9.10. The summed E-state index contributed by atoms with van der Waals surface area (Å²) >= 11 is 3.41. The molecule has 0 radical (unpaired) electrons. The first-order valence-electron chi connectivity index (χ1n) is 13.4. The largest absolute Gasteiger partial charge is 0.507 e. The number of carbonyl (C=O) groups excluding carboxylic acids is 2. The van der Waals surface area contributed by atoms with E-state index >= 15 is 0 Å². The van der Waals surface area contributed by atoms with Crippen LogP contribution in [0.4, 0.5) is 0 Å². The minimum atomic E-state index is -0.654. The van der Waals surface area contributed by atoms with Gasteiger partial charge < -0.3 is 19.6 Å². The highest BCUT2D eigenvalue weighted by atomic mass is 79.9. The summed E-state index contributed by atoms with van der Waals surface area (Å²) < 4.78 is 6.45. The standard InChI is InChI=1S/C30H39BrN2O4/c1-4-7-18-32(19-8-5-2)20-9-21-33-27(22-12-16-25(17-13-22)37-6-3)26(29(35)30(33)36)28(34)23-10-14-24(31)15-11-23/h10-17,27,34H,4-9,18-21H2,1-3H3/t27-/m1/s1. The van der Waals surface area contributed by atoms with E-state index in [4.69, 9.17) is 4.74 Å². The Morgan fingerprint density at radius 2 is 1.51 bits per heavy atom. The first kappa shape index (κ1) is 28.9. The Kier molecular flexibility index (Phi) is 11.2. The van der Waals surface area contributed by atoms with E-state index in [2.05, 4.69) is 34.7 Å². The van der Waals surface area contributed by atoms with Crippen molar-refractivity contribution in [2.45, 2.75) is 58.9 Å². The number of rotatable bonds is 14. The quantitative estimate of drug-likeness (QED) is 0.158. The summed E-state index contributed by atoms with van der Waals surface area (Å²) in [4.78, 5) is 30.6. The van der Waals surface area contributed by atoms with Crippen molar-refractivity contribution in [2.75, 3.05) is 32.8 Å². The second-order valence-corrected chi connectivity index (χ2v) is 10.3. The average Bonchev–Trinajstić information content (AvgIpc) is 3.15. The van der Waals surface area contributed by atoms with Crippen molar-refractivity contribution >= 4 is 33.4 Å². The maximum absolute atomic E-state index is 13.3. The molecule has 1 atom stereocenters. The van der Waals surface area contributed by atoms with Gasteiger partial charge in [0, 0.05) is 16.6 Å². The third kappa shape index (κ3) is 7.45.